The number of carbonyl (C=O) groups excluding carboxylic acids is 2. The Kier molecular flexibility index (Phi) is 7.80. The van der Waals surface area contributed by atoms with Crippen molar-refractivity contribution in [2.24, 2.45) is 0 Å². The second-order valence-corrected chi connectivity index (χ2v) is 12.4. The molecule has 45 heavy (non-hydrogen) atoms. The van der Waals surface area contributed by atoms with Crippen LogP contribution in [0.15, 0.2) is 126 Å². The largest absolute Gasteiger partial charge is 0.493 e. The normalized spacial score (nSPS) is 21.4. The zero-order valence-corrected chi connectivity index (χ0v) is 26.1. The highest BCUT2D eigenvalue weighted by molar-refractivity contribution is 6.30. The van der Waals surface area contributed by atoms with Crippen LogP contribution in [-0.2, 0) is 9.59 Å². The highest BCUT2D eigenvalue weighted by atomic mass is 35.5. The minimum Gasteiger partial charge on any atom is -0.493 e. The average molecular weight is 616 g/mol. The van der Waals surface area contributed by atoms with Crippen LogP contribution in [0.25, 0.3) is 0 Å². The number of hydrogen-bond donors (Lipinski definition) is 0. The van der Waals surface area contributed by atoms with Gasteiger partial charge in [0.1, 0.15) is 0 Å². The predicted octanol–water partition coefficient (Wildman–Crippen LogP) is 8.76. The van der Waals surface area contributed by atoms with E-state index >= 15 is 0 Å². The molecule has 0 bridgehead atoms. The molecule has 6 heteroatoms. The highest BCUT2D eigenvalue weighted by Crippen LogP contribution is 2.54. The van der Waals surface area contributed by atoms with Gasteiger partial charge in [-0.1, -0.05) is 78.3 Å². The fourth-order valence-electron chi connectivity index (χ4n) is 7.40. The van der Waals surface area contributed by atoms with Crippen molar-refractivity contribution in [3.05, 3.63) is 147 Å². The van der Waals surface area contributed by atoms with Crippen LogP contribution in [0.1, 0.15) is 60.1 Å². The van der Waals surface area contributed by atoms with E-state index in [1.54, 1.807) is 14.2 Å². The first kappa shape index (κ1) is 29.1. The average Bonchev–Trinajstić information content (AvgIpc) is 3.08. The van der Waals surface area contributed by atoms with Crippen molar-refractivity contribution >= 4 is 28.9 Å². The quantitative estimate of drug-likeness (QED) is 0.217. The van der Waals surface area contributed by atoms with E-state index in [2.05, 4.69) is 29.2 Å². The van der Waals surface area contributed by atoms with E-state index in [1.807, 2.05) is 78.9 Å². The van der Waals surface area contributed by atoms with Crippen LogP contribution < -0.4 is 14.4 Å². The van der Waals surface area contributed by atoms with Crippen molar-refractivity contribution < 1.29 is 19.1 Å². The molecule has 2 unspecified atom stereocenters. The number of ketones is 2. The molecule has 0 saturated carbocycles. The van der Waals surface area contributed by atoms with Crippen LogP contribution in [0.4, 0.5) is 5.69 Å². The molecular weight excluding hydrogens is 582 g/mol. The fraction of sp³-hybridized carbons (Fsp3) is 0.231. The number of Topliss-reactive ketones (excluding diaryl/α,β-unsaturated/α-hetero) is 2. The Morgan fingerprint density at radius 1 is 0.600 bits per heavy atom. The zero-order chi connectivity index (χ0) is 31.1. The van der Waals surface area contributed by atoms with E-state index in [0.717, 1.165) is 33.8 Å². The van der Waals surface area contributed by atoms with Crippen LogP contribution >= 0.6 is 11.6 Å². The number of ether oxygens (including phenoxy) is 2. The minimum atomic E-state index is -0.508. The maximum absolute atomic E-state index is 14.5. The minimum absolute atomic E-state index is 0.0182. The number of benzene rings is 4. The molecule has 5 nitrogen and oxygen atoms in total. The number of hydrogen-bond acceptors (Lipinski definition) is 5. The van der Waals surface area contributed by atoms with Crippen molar-refractivity contribution in [1.82, 2.24) is 0 Å². The van der Waals surface area contributed by atoms with Crippen LogP contribution in [-0.4, -0.2) is 25.8 Å². The molecule has 0 aromatic heterocycles. The van der Waals surface area contributed by atoms with Gasteiger partial charge in [0.25, 0.3) is 0 Å². The first-order valence-corrected chi connectivity index (χ1v) is 15.7. The number of anilines is 1. The van der Waals surface area contributed by atoms with Gasteiger partial charge >= 0.3 is 0 Å². The van der Waals surface area contributed by atoms with Crippen molar-refractivity contribution in [3.63, 3.8) is 0 Å². The Labute approximate surface area is 268 Å². The van der Waals surface area contributed by atoms with Gasteiger partial charge in [-0.3, -0.25) is 9.59 Å². The number of halogens is 1. The van der Waals surface area contributed by atoms with E-state index in [1.165, 1.54) is 0 Å². The molecule has 2 atom stereocenters. The van der Waals surface area contributed by atoms with Crippen LogP contribution in [0, 0.1) is 0 Å². The van der Waals surface area contributed by atoms with Crippen LogP contribution in [0.2, 0.25) is 5.02 Å². The van der Waals surface area contributed by atoms with E-state index in [9.17, 15) is 9.59 Å². The number of rotatable bonds is 6. The van der Waals surface area contributed by atoms with E-state index in [0.29, 0.717) is 53.4 Å². The summed E-state index contributed by atoms with van der Waals surface area (Å²) in [5.41, 5.74) is 7.29. The summed E-state index contributed by atoms with van der Waals surface area (Å²) in [6, 6.07) is 34.0. The fourth-order valence-corrected chi connectivity index (χ4v) is 7.52. The molecule has 2 aliphatic carbocycles. The molecular formula is C39H34ClNO4. The molecule has 226 valence electrons. The number of allylic oxidation sites excluding steroid dienone is 4. The van der Waals surface area contributed by atoms with Gasteiger partial charge < -0.3 is 14.4 Å². The molecule has 4 aromatic rings. The summed E-state index contributed by atoms with van der Waals surface area (Å²) in [7, 11) is 3.21. The lowest BCUT2D eigenvalue weighted by Crippen LogP contribution is -2.41. The van der Waals surface area contributed by atoms with E-state index in [4.69, 9.17) is 21.1 Å². The monoisotopic (exact) mass is 615 g/mol. The Balaban J connectivity index is 1.47. The molecule has 0 saturated heterocycles. The van der Waals surface area contributed by atoms with Gasteiger partial charge in [-0.25, -0.2) is 0 Å². The Bertz CT molecular complexity index is 1740. The number of carbonyl (C=O) groups is 2. The summed E-state index contributed by atoms with van der Waals surface area (Å²) in [4.78, 5) is 31.2. The Morgan fingerprint density at radius 2 is 1.11 bits per heavy atom. The van der Waals surface area contributed by atoms with Gasteiger partial charge in [0, 0.05) is 52.0 Å². The van der Waals surface area contributed by atoms with Gasteiger partial charge in [-0.2, -0.15) is 0 Å². The van der Waals surface area contributed by atoms with Crippen LogP contribution in [0.3, 0.4) is 0 Å². The Hall–Kier alpha value is -4.61. The molecule has 0 N–H and O–H groups in total. The molecule has 0 spiro atoms. The third-order valence-corrected chi connectivity index (χ3v) is 9.70. The van der Waals surface area contributed by atoms with Gasteiger partial charge in [0.05, 0.1) is 14.2 Å². The summed E-state index contributed by atoms with van der Waals surface area (Å²) < 4.78 is 11.2. The maximum Gasteiger partial charge on any atom is 0.162 e. The lowest BCUT2D eigenvalue weighted by molar-refractivity contribution is -0.117. The number of nitrogens with zero attached hydrogens (tertiary/aromatic N) is 1. The smallest absolute Gasteiger partial charge is 0.162 e. The third-order valence-electron chi connectivity index (χ3n) is 9.45. The maximum atomic E-state index is 14.5. The van der Waals surface area contributed by atoms with Crippen molar-refractivity contribution in [3.8, 4) is 11.5 Å². The summed E-state index contributed by atoms with van der Waals surface area (Å²) in [5.74, 6) is 0.819. The van der Waals surface area contributed by atoms with Gasteiger partial charge in [-0.05, 0) is 77.8 Å². The second kappa shape index (κ2) is 12.1. The first-order chi connectivity index (χ1) is 22.0. The van der Waals surface area contributed by atoms with Crippen molar-refractivity contribution in [1.29, 1.82) is 0 Å². The Morgan fingerprint density at radius 3 is 1.60 bits per heavy atom. The highest BCUT2D eigenvalue weighted by Gasteiger charge is 2.47. The van der Waals surface area contributed by atoms with Gasteiger partial charge in [0.15, 0.2) is 23.1 Å². The molecule has 0 amide bonds. The van der Waals surface area contributed by atoms with Gasteiger partial charge in [0.2, 0.25) is 0 Å². The molecule has 0 fully saturated rings. The lowest BCUT2D eigenvalue weighted by atomic mass is 9.66. The SMILES string of the molecule is COc1ccc(C2C3=C(CC(c4ccccc4)CC3=O)N(c3ccc(Cl)cc3)C3=C2C(=O)CC(c2ccccc2)C3)cc1OC. The molecule has 4 aromatic carbocycles. The van der Waals surface area contributed by atoms with E-state index in [-0.39, 0.29) is 23.4 Å². The topological polar surface area (TPSA) is 55.8 Å². The zero-order valence-electron chi connectivity index (χ0n) is 25.3. The van der Waals surface area contributed by atoms with Crippen LogP contribution in [0.5, 0.6) is 11.5 Å². The lowest BCUT2D eigenvalue weighted by Gasteiger charge is -2.46. The van der Waals surface area contributed by atoms with Gasteiger partial charge in [-0.15, -0.1) is 0 Å². The molecule has 1 aliphatic heterocycles. The molecule has 3 aliphatic rings. The van der Waals surface area contributed by atoms with Crippen molar-refractivity contribution in [2.75, 3.05) is 19.1 Å². The number of methoxy groups -OCH3 is 2. The molecule has 1 heterocycles. The summed E-state index contributed by atoms with van der Waals surface area (Å²) in [5, 5.41) is 0.631. The van der Waals surface area contributed by atoms with Crippen molar-refractivity contribution in [2.45, 2.75) is 43.4 Å². The van der Waals surface area contributed by atoms with E-state index < -0.39 is 5.92 Å². The summed E-state index contributed by atoms with van der Waals surface area (Å²) >= 11 is 6.36. The second-order valence-electron chi connectivity index (χ2n) is 12.0. The molecule has 7 rings (SSSR count). The summed E-state index contributed by atoms with van der Waals surface area (Å²) in [6.45, 7) is 0. The first-order valence-electron chi connectivity index (χ1n) is 15.4. The predicted molar refractivity (Wildman–Crippen MR) is 177 cm³/mol. The standard InChI is InChI=1S/C39H34ClNO4/c1-44-35-18-13-26(23-36(35)45-2)37-38-31(19-27(21-33(38)42)24-9-5-3-6-10-24)41(30-16-14-29(40)15-17-30)32-20-28(22-34(43)39(32)37)25-11-7-4-8-12-25/h3-18,23,27-28,37H,19-22H2,1-2H3. The third kappa shape index (κ3) is 5.25. The summed E-state index contributed by atoms with van der Waals surface area (Å²) in [6.07, 6.45) is 2.09. The molecule has 0 radical (unpaired) electrons.